The Balaban J connectivity index is 1.80. The van der Waals surface area contributed by atoms with Gasteiger partial charge in [0.05, 0.1) is 11.4 Å². The zero-order valence-corrected chi connectivity index (χ0v) is 16.9. The molecule has 1 amide bonds. The fourth-order valence-corrected chi connectivity index (χ4v) is 3.07. The third-order valence-corrected chi connectivity index (χ3v) is 4.47. The molecule has 0 aliphatic carbocycles. The summed E-state index contributed by atoms with van der Waals surface area (Å²) < 4.78 is 6.21. The molecule has 1 fully saturated rings. The zero-order chi connectivity index (χ0) is 19.8. The number of carboxylic acid groups (broad SMARTS) is 1. The van der Waals surface area contributed by atoms with E-state index < -0.39 is 11.6 Å². The van der Waals surface area contributed by atoms with Crippen molar-refractivity contribution in [2.45, 2.75) is 32.3 Å². The molecule has 1 aromatic carbocycles. The highest BCUT2D eigenvalue weighted by Crippen LogP contribution is 2.30. The van der Waals surface area contributed by atoms with Crippen molar-refractivity contribution in [3.05, 3.63) is 28.5 Å². The van der Waals surface area contributed by atoms with Crippen LogP contribution in [0.3, 0.4) is 0 Å². The summed E-state index contributed by atoms with van der Waals surface area (Å²) in [7, 11) is 0. The number of carbonyl (C=O) groups excluding carboxylic acids is 1. The highest BCUT2D eigenvalue weighted by Gasteiger charge is 2.36. The molecule has 27 heavy (non-hydrogen) atoms. The number of aliphatic carboxylic acids is 1. The molecule has 0 unspecified atom stereocenters. The van der Waals surface area contributed by atoms with Gasteiger partial charge < -0.3 is 20.1 Å². The number of likely N-dealkylation sites (tertiary alicyclic amines) is 1. The van der Waals surface area contributed by atoms with Crippen molar-refractivity contribution in [3.63, 3.8) is 0 Å². The number of benzene rings is 1. The van der Waals surface area contributed by atoms with Gasteiger partial charge in [-0.3, -0.25) is 4.79 Å². The lowest BCUT2D eigenvalue weighted by Crippen LogP contribution is -2.50. The summed E-state index contributed by atoms with van der Waals surface area (Å²) >= 11 is 3.41. The first-order chi connectivity index (χ1) is 12.6. The van der Waals surface area contributed by atoms with E-state index in [4.69, 9.17) is 9.84 Å². The van der Waals surface area contributed by atoms with Gasteiger partial charge in [-0.25, -0.2) is 14.8 Å². The minimum Gasteiger partial charge on any atom is -0.480 e. The first kappa shape index (κ1) is 19.3. The van der Waals surface area contributed by atoms with Gasteiger partial charge in [0.15, 0.2) is 0 Å². The summed E-state index contributed by atoms with van der Waals surface area (Å²) in [6, 6.07) is 5.56. The van der Waals surface area contributed by atoms with Crippen LogP contribution in [-0.4, -0.2) is 57.3 Å². The smallest absolute Gasteiger partial charge is 0.410 e. The molecule has 1 aromatic heterocycles. The van der Waals surface area contributed by atoms with Crippen LogP contribution in [0, 0.1) is 0 Å². The number of nitrogens with zero attached hydrogens (tertiary/aromatic N) is 3. The lowest BCUT2D eigenvalue weighted by atomic mass is 9.99. The number of amides is 1. The number of halogens is 1. The number of aromatic nitrogens is 2. The molecule has 2 N–H and O–H groups in total. The van der Waals surface area contributed by atoms with E-state index in [1.165, 1.54) is 0 Å². The third-order valence-electron chi connectivity index (χ3n) is 3.98. The molecule has 1 aliphatic rings. The molecular formula is C18H21BrN4O4. The Morgan fingerprint density at radius 2 is 2.04 bits per heavy atom. The molecule has 1 saturated heterocycles. The number of carboxylic acids is 1. The molecule has 2 aromatic rings. The van der Waals surface area contributed by atoms with Crippen LogP contribution in [0.15, 0.2) is 22.7 Å². The first-order valence-corrected chi connectivity index (χ1v) is 9.32. The first-order valence-electron chi connectivity index (χ1n) is 8.53. The number of nitrogens with one attached hydrogen (secondary N) is 1. The van der Waals surface area contributed by atoms with E-state index in [-0.39, 0.29) is 18.6 Å². The van der Waals surface area contributed by atoms with Gasteiger partial charge in [-0.05, 0) is 39.0 Å². The van der Waals surface area contributed by atoms with Crippen molar-refractivity contribution < 1.29 is 19.4 Å². The third kappa shape index (κ3) is 4.65. The molecule has 0 radical (unpaired) electrons. The van der Waals surface area contributed by atoms with E-state index in [9.17, 15) is 9.59 Å². The summed E-state index contributed by atoms with van der Waals surface area (Å²) in [4.78, 5) is 33.7. The quantitative estimate of drug-likeness (QED) is 0.757. The van der Waals surface area contributed by atoms with Gasteiger partial charge in [0.1, 0.15) is 23.8 Å². The molecule has 0 saturated carbocycles. The van der Waals surface area contributed by atoms with Gasteiger partial charge in [0, 0.05) is 22.9 Å². The Morgan fingerprint density at radius 3 is 2.67 bits per heavy atom. The molecule has 2 heterocycles. The summed E-state index contributed by atoms with van der Waals surface area (Å²) in [6.07, 6.45) is -0.354. The molecule has 0 spiro atoms. The van der Waals surface area contributed by atoms with Crippen LogP contribution < -0.4 is 5.32 Å². The Bertz CT molecular complexity index is 891. The predicted octanol–water partition coefficient (Wildman–Crippen LogP) is 3.22. The van der Waals surface area contributed by atoms with E-state index in [0.29, 0.717) is 30.2 Å². The molecule has 9 heteroatoms. The molecule has 8 nitrogen and oxygen atoms in total. The summed E-state index contributed by atoms with van der Waals surface area (Å²) in [6.45, 7) is 6.17. The molecule has 144 valence electrons. The minimum absolute atomic E-state index is 0.0176. The molecule has 3 rings (SSSR count). The number of fused-ring (bicyclic) bond motifs is 1. The Labute approximate surface area is 165 Å². The van der Waals surface area contributed by atoms with Crippen LogP contribution in [0.1, 0.15) is 32.5 Å². The topological polar surface area (TPSA) is 105 Å². The summed E-state index contributed by atoms with van der Waals surface area (Å²) in [5.74, 6) is 0.0564. The molecule has 1 aliphatic heterocycles. The van der Waals surface area contributed by atoms with Gasteiger partial charge in [-0.2, -0.15) is 0 Å². The molecule has 0 atom stereocenters. The van der Waals surface area contributed by atoms with E-state index in [1.54, 1.807) is 4.90 Å². The fraction of sp³-hybridized carbons (Fsp3) is 0.444. The maximum absolute atomic E-state index is 12.1. The van der Waals surface area contributed by atoms with Crippen LogP contribution in [-0.2, 0) is 9.53 Å². The highest BCUT2D eigenvalue weighted by atomic mass is 79.9. The SMILES string of the molecule is CC(C)(C)OC(=O)N1CC(c2nc(NCC(=O)O)c3cc(Br)ccc3n2)C1. The van der Waals surface area contributed by atoms with Crippen LogP contribution in [0.2, 0.25) is 0 Å². The number of hydrogen-bond donors (Lipinski definition) is 2. The lowest BCUT2D eigenvalue weighted by Gasteiger charge is -2.39. The van der Waals surface area contributed by atoms with Crippen molar-refractivity contribution >= 4 is 44.7 Å². The standard InChI is InChI=1S/C18H21BrN4O4/c1-18(2,3)27-17(26)23-8-10(9-23)15-21-13-5-4-11(19)6-12(13)16(22-15)20-7-14(24)25/h4-6,10H,7-9H2,1-3H3,(H,24,25)(H,20,21,22). The monoisotopic (exact) mass is 436 g/mol. The maximum atomic E-state index is 12.1. The minimum atomic E-state index is -0.974. The van der Waals surface area contributed by atoms with Gasteiger partial charge in [0.25, 0.3) is 0 Å². The lowest BCUT2D eigenvalue weighted by molar-refractivity contribution is -0.134. The number of carbonyl (C=O) groups is 2. The van der Waals surface area contributed by atoms with Crippen molar-refractivity contribution in [3.8, 4) is 0 Å². The van der Waals surface area contributed by atoms with Crippen molar-refractivity contribution in [1.82, 2.24) is 14.9 Å². The summed E-state index contributed by atoms with van der Waals surface area (Å²) in [5, 5.41) is 12.5. The second-order valence-corrected chi connectivity index (χ2v) is 8.34. The normalized spacial score (nSPS) is 14.7. The van der Waals surface area contributed by atoms with Gasteiger partial charge >= 0.3 is 12.1 Å². The van der Waals surface area contributed by atoms with E-state index in [1.807, 2.05) is 39.0 Å². The van der Waals surface area contributed by atoms with Gasteiger partial charge in [-0.1, -0.05) is 15.9 Å². The number of hydrogen-bond acceptors (Lipinski definition) is 6. The largest absolute Gasteiger partial charge is 0.480 e. The average molecular weight is 437 g/mol. The van der Waals surface area contributed by atoms with Crippen molar-refractivity contribution in [1.29, 1.82) is 0 Å². The van der Waals surface area contributed by atoms with Gasteiger partial charge in [0.2, 0.25) is 0 Å². The number of ether oxygens (including phenoxy) is 1. The number of rotatable bonds is 4. The zero-order valence-electron chi connectivity index (χ0n) is 15.3. The second kappa shape index (κ2) is 7.30. The van der Waals surface area contributed by atoms with E-state index >= 15 is 0 Å². The van der Waals surface area contributed by atoms with Crippen LogP contribution in [0.5, 0.6) is 0 Å². The van der Waals surface area contributed by atoms with E-state index in [0.717, 1.165) is 9.86 Å². The van der Waals surface area contributed by atoms with Crippen LogP contribution in [0.4, 0.5) is 10.6 Å². The second-order valence-electron chi connectivity index (χ2n) is 7.42. The Kier molecular flexibility index (Phi) is 5.23. The average Bonchev–Trinajstić information content (AvgIpc) is 2.49. The Morgan fingerprint density at radius 1 is 1.33 bits per heavy atom. The van der Waals surface area contributed by atoms with Crippen LogP contribution in [0.25, 0.3) is 10.9 Å². The highest BCUT2D eigenvalue weighted by molar-refractivity contribution is 9.10. The maximum Gasteiger partial charge on any atom is 0.410 e. The van der Waals surface area contributed by atoms with E-state index in [2.05, 4.69) is 31.2 Å². The predicted molar refractivity (Wildman–Crippen MR) is 104 cm³/mol. The van der Waals surface area contributed by atoms with Gasteiger partial charge in [-0.15, -0.1) is 0 Å². The molecule has 0 bridgehead atoms. The fourth-order valence-electron chi connectivity index (χ4n) is 2.71. The van der Waals surface area contributed by atoms with Crippen molar-refractivity contribution in [2.24, 2.45) is 0 Å². The Hall–Kier alpha value is -2.42. The number of anilines is 1. The molecular weight excluding hydrogens is 416 g/mol. The van der Waals surface area contributed by atoms with Crippen LogP contribution >= 0.6 is 15.9 Å². The summed E-state index contributed by atoms with van der Waals surface area (Å²) in [5.41, 5.74) is 0.176. The van der Waals surface area contributed by atoms with Crippen molar-refractivity contribution in [2.75, 3.05) is 25.0 Å².